The molecule has 0 saturated heterocycles. The number of aliphatic hydroxyl groups is 1. The van der Waals surface area contributed by atoms with Gasteiger partial charge in [-0.1, -0.05) is 24.2 Å². The summed E-state index contributed by atoms with van der Waals surface area (Å²) in [6.07, 6.45) is 4.98. The minimum atomic E-state index is 0.174. The van der Waals surface area contributed by atoms with Crippen molar-refractivity contribution >= 4 is 32.4 Å². The number of hydrogen-bond acceptors (Lipinski definition) is 5. The molecule has 1 N–H and O–H groups in total. The maximum absolute atomic E-state index is 9.07. The second-order valence-corrected chi connectivity index (χ2v) is 5.92. The van der Waals surface area contributed by atoms with Crippen LogP contribution in [0.2, 0.25) is 0 Å². The third-order valence-corrected chi connectivity index (χ3v) is 4.13. The summed E-state index contributed by atoms with van der Waals surface area (Å²) in [5.74, 6) is 0. The van der Waals surface area contributed by atoms with Crippen LogP contribution < -0.4 is 4.90 Å². The van der Waals surface area contributed by atoms with Crippen LogP contribution in [-0.4, -0.2) is 34.5 Å². The molecule has 0 atom stereocenters. The molecule has 0 aromatic carbocycles. The molecule has 1 aliphatic carbocycles. The highest BCUT2D eigenvalue weighted by Crippen LogP contribution is 2.31. The van der Waals surface area contributed by atoms with E-state index in [1.165, 1.54) is 37.0 Å². The molecule has 84 valence electrons. The first-order valence-electron chi connectivity index (χ1n) is 5.18. The zero-order valence-electron chi connectivity index (χ0n) is 8.40. The molecule has 15 heavy (non-hydrogen) atoms. The van der Waals surface area contributed by atoms with E-state index in [1.54, 1.807) is 0 Å². The Morgan fingerprint density at radius 1 is 1.40 bits per heavy atom. The fourth-order valence-corrected chi connectivity index (χ4v) is 3.26. The fraction of sp³-hybridized carbons (Fsp3) is 0.778. The molecule has 0 unspecified atom stereocenters. The van der Waals surface area contributed by atoms with Crippen LogP contribution in [0.4, 0.5) is 5.13 Å². The number of halogens is 1. The van der Waals surface area contributed by atoms with Crippen molar-refractivity contribution in [1.82, 2.24) is 10.2 Å². The summed E-state index contributed by atoms with van der Waals surface area (Å²) in [4.78, 5) is 2.19. The lowest BCUT2D eigenvalue weighted by Gasteiger charge is -2.27. The first kappa shape index (κ1) is 11.3. The Balaban J connectivity index is 2.11. The quantitative estimate of drug-likeness (QED) is 0.922. The van der Waals surface area contributed by atoms with Crippen LogP contribution in [0.25, 0.3) is 0 Å². The average molecular weight is 292 g/mol. The van der Waals surface area contributed by atoms with Crippen molar-refractivity contribution in [2.75, 3.05) is 18.1 Å². The molecular weight excluding hydrogens is 278 g/mol. The summed E-state index contributed by atoms with van der Waals surface area (Å²) < 4.78 is 0.804. The zero-order valence-corrected chi connectivity index (χ0v) is 10.8. The maximum atomic E-state index is 9.07. The Bertz CT molecular complexity index is 314. The number of aliphatic hydroxyl groups excluding tert-OH is 1. The van der Waals surface area contributed by atoms with Gasteiger partial charge >= 0.3 is 0 Å². The van der Waals surface area contributed by atoms with E-state index in [-0.39, 0.29) is 6.61 Å². The van der Waals surface area contributed by atoms with E-state index < -0.39 is 0 Å². The van der Waals surface area contributed by atoms with Crippen molar-refractivity contribution in [3.8, 4) is 0 Å². The Hall–Kier alpha value is -0.200. The van der Waals surface area contributed by atoms with Gasteiger partial charge in [0.15, 0.2) is 3.92 Å². The minimum absolute atomic E-state index is 0.174. The summed E-state index contributed by atoms with van der Waals surface area (Å²) in [6, 6.07) is 0.539. The van der Waals surface area contributed by atoms with Crippen LogP contribution in [0.3, 0.4) is 0 Å². The van der Waals surface area contributed by atoms with Gasteiger partial charge in [0.05, 0.1) is 6.61 Å². The van der Waals surface area contributed by atoms with Gasteiger partial charge in [-0.3, -0.25) is 0 Å². The molecule has 1 saturated carbocycles. The monoisotopic (exact) mass is 291 g/mol. The van der Waals surface area contributed by atoms with Crippen molar-refractivity contribution in [2.45, 2.75) is 31.7 Å². The fourth-order valence-electron chi connectivity index (χ4n) is 2.07. The van der Waals surface area contributed by atoms with Gasteiger partial charge in [0.25, 0.3) is 0 Å². The van der Waals surface area contributed by atoms with E-state index >= 15 is 0 Å². The number of nitrogens with zero attached hydrogens (tertiary/aromatic N) is 3. The summed E-state index contributed by atoms with van der Waals surface area (Å²) >= 11 is 4.85. The molecule has 1 fully saturated rings. The molecular formula is C9H14BrN3OS. The molecule has 1 aromatic rings. The first-order chi connectivity index (χ1) is 7.31. The predicted molar refractivity (Wildman–Crippen MR) is 64.3 cm³/mol. The van der Waals surface area contributed by atoms with E-state index in [2.05, 4.69) is 31.0 Å². The first-order valence-corrected chi connectivity index (χ1v) is 6.78. The van der Waals surface area contributed by atoms with Gasteiger partial charge in [-0.05, 0) is 28.8 Å². The van der Waals surface area contributed by atoms with Gasteiger partial charge in [0, 0.05) is 12.6 Å². The van der Waals surface area contributed by atoms with E-state index in [1.807, 2.05) is 0 Å². The third kappa shape index (κ3) is 2.68. The molecule has 4 nitrogen and oxygen atoms in total. The van der Waals surface area contributed by atoms with E-state index in [0.717, 1.165) is 9.05 Å². The van der Waals surface area contributed by atoms with Gasteiger partial charge in [-0.25, -0.2) is 0 Å². The highest BCUT2D eigenvalue weighted by atomic mass is 79.9. The largest absolute Gasteiger partial charge is 0.395 e. The van der Waals surface area contributed by atoms with Crippen molar-refractivity contribution in [2.24, 2.45) is 0 Å². The molecule has 0 aliphatic heterocycles. The molecule has 0 radical (unpaired) electrons. The highest BCUT2D eigenvalue weighted by molar-refractivity contribution is 9.11. The molecule has 2 rings (SSSR count). The molecule has 1 aliphatic rings. The van der Waals surface area contributed by atoms with Gasteiger partial charge in [0.2, 0.25) is 5.13 Å². The van der Waals surface area contributed by atoms with Crippen LogP contribution in [0.5, 0.6) is 0 Å². The molecule has 0 amide bonds. The van der Waals surface area contributed by atoms with Crippen LogP contribution in [0.15, 0.2) is 3.92 Å². The molecule has 0 spiro atoms. The lowest BCUT2D eigenvalue weighted by molar-refractivity contribution is 0.297. The lowest BCUT2D eigenvalue weighted by atomic mass is 10.2. The number of aromatic nitrogens is 2. The van der Waals surface area contributed by atoms with Crippen molar-refractivity contribution in [3.63, 3.8) is 0 Å². The van der Waals surface area contributed by atoms with E-state index in [9.17, 15) is 0 Å². The van der Waals surface area contributed by atoms with E-state index in [4.69, 9.17) is 5.11 Å². The SMILES string of the molecule is OCCN(c1nnc(Br)s1)C1CCCC1. The average Bonchev–Trinajstić information content (AvgIpc) is 2.85. The minimum Gasteiger partial charge on any atom is -0.395 e. The lowest BCUT2D eigenvalue weighted by Crippen LogP contribution is -2.35. The van der Waals surface area contributed by atoms with Crippen LogP contribution in [-0.2, 0) is 0 Å². The Morgan fingerprint density at radius 2 is 2.13 bits per heavy atom. The second kappa shape index (κ2) is 5.23. The smallest absolute Gasteiger partial charge is 0.209 e. The van der Waals surface area contributed by atoms with Gasteiger partial charge < -0.3 is 10.0 Å². The highest BCUT2D eigenvalue weighted by Gasteiger charge is 2.24. The van der Waals surface area contributed by atoms with E-state index in [0.29, 0.717) is 12.6 Å². The summed E-state index contributed by atoms with van der Waals surface area (Å²) in [7, 11) is 0. The van der Waals surface area contributed by atoms with Crippen molar-refractivity contribution < 1.29 is 5.11 Å². The predicted octanol–water partition coefficient (Wildman–Crippen LogP) is 2.04. The van der Waals surface area contributed by atoms with Gasteiger partial charge in [0.1, 0.15) is 0 Å². The topological polar surface area (TPSA) is 49.2 Å². The molecule has 1 heterocycles. The van der Waals surface area contributed by atoms with Crippen LogP contribution >= 0.6 is 27.3 Å². The molecule has 6 heteroatoms. The standard InChI is InChI=1S/C9H14BrN3OS/c10-8-11-12-9(15-8)13(5-6-14)7-3-1-2-4-7/h7,14H,1-6H2. The summed E-state index contributed by atoms with van der Waals surface area (Å²) in [5, 5.41) is 18.1. The second-order valence-electron chi connectivity index (χ2n) is 3.69. The number of rotatable bonds is 4. The summed E-state index contributed by atoms with van der Waals surface area (Å²) in [6.45, 7) is 0.833. The third-order valence-electron chi connectivity index (χ3n) is 2.74. The number of anilines is 1. The Labute approximate surface area is 101 Å². The van der Waals surface area contributed by atoms with Gasteiger partial charge in [-0.2, -0.15) is 0 Å². The maximum Gasteiger partial charge on any atom is 0.209 e. The van der Waals surface area contributed by atoms with Gasteiger partial charge in [-0.15, -0.1) is 10.2 Å². The zero-order chi connectivity index (χ0) is 10.7. The van der Waals surface area contributed by atoms with Crippen LogP contribution in [0.1, 0.15) is 25.7 Å². The van der Waals surface area contributed by atoms with Crippen molar-refractivity contribution in [1.29, 1.82) is 0 Å². The van der Waals surface area contributed by atoms with Crippen molar-refractivity contribution in [3.05, 3.63) is 3.92 Å². The molecule has 0 bridgehead atoms. The summed E-state index contributed by atoms with van der Waals surface area (Å²) in [5.41, 5.74) is 0. The van der Waals surface area contributed by atoms with Crippen LogP contribution in [0, 0.1) is 0 Å². The Kier molecular flexibility index (Phi) is 3.93. The molecule has 1 aromatic heterocycles. The number of hydrogen-bond donors (Lipinski definition) is 1. The Morgan fingerprint density at radius 3 is 2.67 bits per heavy atom. The normalized spacial score (nSPS) is 17.2.